The number of aryl methyl sites for hydroxylation is 1. The Kier molecular flexibility index (Phi) is 9.42. The second-order valence-corrected chi connectivity index (χ2v) is 11.2. The van der Waals surface area contributed by atoms with E-state index < -0.39 is 22.8 Å². The van der Waals surface area contributed by atoms with E-state index in [4.69, 9.17) is 25.5 Å². The van der Waals surface area contributed by atoms with Crippen LogP contribution in [0.3, 0.4) is 0 Å². The molecule has 10 heteroatoms. The summed E-state index contributed by atoms with van der Waals surface area (Å²) in [7, 11) is 3.23. The van der Waals surface area contributed by atoms with Gasteiger partial charge in [-0.1, -0.05) is 6.07 Å². The molecule has 0 spiro atoms. The highest BCUT2D eigenvalue weighted by Crippen LogP contribution is 2.34. The van der Waals surface area contributed by atoms with E-state index in [0.717, 1.165) is 17.1 Å². The smallest absolute Gasteiger partial charge is 0.411 e. The van der Waals surface area contributed by atoms with Crippen molar-refractivity contribution in [1.82, 2.24) is 9.80 Å². The van der Waals surface area contributed by atoms with Crippen molar-refractivity contribution < 1.29 is 33.3 Å². The Morgan fingerprint density at radius 2 is 1.49 bits per heavy atom. The number of benzene rings is 1. The second-order valence-electron chi connectivity index (χ2n) is 11.2. The molecule has 0 atom stereocenters. The summed E-state index contributed by atoms with van der Waals surface area (Å²) < 4.78 is 21.0. The molecule has 2 fully saturated rings. The van der Waals surface area contributed by atoms with Gasteiger partial charge in [0.25, 0.3) is 5.54 Å². The summed E-state index contributed by atoms with van der Waals surface area (Å²) in [5, 5.41) is 0. The standard InChI is InChI=1S/C19H26N2O4.C8H13NO3/c1-18(2,3)25-17(22)21-12-19(13-21,20-4)10-9-14-7-8-15(23-5)11-16(14)24-6;1-8(2,3)12-7(11)9-4-6(10)5-9/h7-8,11H,9-10,12-13H2,1-3,5-6H3;4-5H2,1-3H3. The van der Waals surface area contributed by atoms with E-state index in [0.29, 0.717) is 25.9 Å². The number of hydrogen-bond donors (Lipinski definition) is 0. The van der Waals surface area contributed by atoms with E-state index in [1.807, 2.05) is 39.0 Å². The van der Waals surface area contributed by atoms with Gasteiger partial charge in [-0.2, -0.15) is 0 Å². The van der Waals surface area contributed by atoms with Crippen LogP contribution in [-0.4, -0.2) is 84.9 Å². The Morgan fingerprint density at radius 1 is 0.946 bits per heavy atom. The van der Waals surface area contributed by atoms with Gasteiger partial charge in [0.1, 0.15) is 35.8 Å². The molecule has 2 heterocycles. The summed E-state index contributed by atoms with van der Waals surface area (Å²) in [4.78, 5) is 40.5. The normalized spacial score (nSPS) is 16.2. The molecule has 0 unspecified atom stereocenters. The molecule has 3 rings (SSSR count). The zero-order valence-corrected chi connectivity index (χ0v) is 23.2. The van der Waals surface area contributed by atoms with Crippen molar-refractivity contribution in [3.63, 3.8) is 0 Å². The minimum Gasteiger partial charge on any atom is -0.497 e. The number of ether oxygens (including phenoxy) is 4. The predicted molar refractivity (Wildman–Crippen MR) is 138 cm³/mol. The number of hydrogen-bond acceptors (Lipinski definition) is 7. The van der Waals surface area contributed by atoms with Crippen LogP contribution in [0, 0.1) is 6.57 Å². The molecule has 0 radical (unpaired) electrons. The zero-order chi connectivity index (χ0) is 28.0. The molecule has 2 aliphatic rings. The largest absolute Gasteiger partial charge is 0.497 e. The van der Waals surface area contributed by atoms with Crippen LogP contribution in [0.1, 0.15) is 53.5 Å². The fourth-order valence-corrected chi connectivity index (χ4v) is 3.67. The number of nitrogens with zero attached hydrogens (tertiary/aromatic N) is 3. The number of carbonyl (C=O) groups excluding carboxylic acids is 3. The van der Waals surface area contributed by atoms with Crippen molar-refractivity contribution in [2.45, 2.75) is 71.1 Å². The van der Waals surface area contributed by atoms with Gasteiger partial charge < -0.3 is 23.8 Å². The van der Waals surface area contributed by atoms with Crippen LogP contribution in [0.5, 0.6) is 11.5 Å². The Bertz CT molecular complexity index is 1020. The van der Waals surface area contributed by atoms with Crippen LogP contribution in [0.2, 0.25) is 0 Å². The Hall–Kier alpha value is -3.48. The summed E-state index contributed by atoms with van der Waals surface area (Å²) in [6.07, 6.45) is 0.617. The van der Waals surface area contributed by atoms with Gasteiger partial charge >= 0.3 is 12.2 Å². The highest BCUT2D eigenvalue weighted by Gasteiger charge is 2.52. The van der Waals surface area contributed by atoms with E-state index in [2.05, 4.69) is 4.85 Å². The van der Waals surface area contributed by atoms with E-state index in [1.165, 1.54) is 4.90 Å². The monoisotopic (exact) mass is 517 g/mol. The minimum atomic E-state index is -0.540. The van der Waals surface area contributed by atoms with E-state index in [1.54, 1.807) is 39.9 Å². The molecule has 1 aromatic carbocycles. The molecule has 2 saturated heterocycles. The average Bonchev–Trinajstić information content (AvgIpc) is 2.74. The molecule has 0 saturated carbocycles. The maximum atomic E-state index is 12.1. The predicted octanol–water partition coefficient (Wildman–Crippen LogP) is 4.35. The van der Waals surface area contributed by atoms with Gasteiger partial charge in [-0.05, 0) is 59.6 Å². The number of Topliss-reactive ketones (excluding diaryl/α,β-unsaturated/α-hetero) is 1. The molecule has 37 heavy (non-hydrogen) atoms. The van der Waals surface area contributed by atoms with Gasteiger partial charge in [0.2, 0.25) is 0 Å². The van der Waals surface area contributed by atoms with Gasteiger partial charge in [-0.3, -0.25) is 14.6 Å². The number of methoxy groups -OCH3 is 2. The molecular weight excluding hydrogens is 478 g/mol. The molecule has 1 aromatic rings. The SMILES string of the molecule is CC(C)(C)OC(=O)N1CC(=O)C1.[C-]#[N+]C1(CCc2ccc(OC)cc2OC)CN(C(=O)OC(C)(C)C)C1. The van der Waals surface area contributed by atoms with Crippen molar-refractivity contribution in [3.8, 4) is 11.5 Å². The van der Waals surface area contributed by atoms with E-state index >= 15 is 0 Å². The lowest BCUT2D eigenvalue weighted by Crippen LogP contribution is -2.62. The van der Waals surface area contributed by atoms with Crippen LogP contribution in [0.4, 0.5) is 9.59 Å². The molecule has 0 aromatic heterocycles. The highest BCUT2D eigenvalue weighted by atomic mass is 16.6. The van der Waals surface area contributed by atoms with Crippen molar-refractivity contribution in [3.05, 3.63) is 35.2 Å². The molecular formula is C27H39N3O7. The van der Waals surface area contributed by atoms with Crippen molar-refractivity contribution >= 4 is 18.0 Å². The second kappa shape index (κ2) is 11.7. The summed E-state index contributed by atoms with van der Waals surface area (Å²) >= 11 is 0. The Labute approximate surface area is 219 Å². The van der Waals surface area contributed by atoms with Crippen molar-refractivity contribution in [2.75, 3.05) is 40.4 Å². The molecule has 2 aliphatic heterocycles. The number of amides is 2. The maximum Gasteiger partial charge on any atom is 0.411 e. The lowest BCUT2D eigenvalue weighted by Gasteiger charge is -2.41. The Balaban J connectivity index is 0.000000335. The summed E-state index contributed by atoms with van der Waals surface area (Å²) in [6, 6.07) is 5.68. The van der Waals surface area contributed by atoms with Crippen molar-refractivity contribution in [1.29, 1.82) is 0 Å². The maximum absolute atomic E-state index is 12.1. The first-order valence-electron chi connectivity index (χ1n) is 12.2. The zero-order valence-electron chi connectivity index (χ0n) is 23.2. The minimum absolute atomic E-state index is 0.0841. The summed E-state index contributed by atoms with van der Waals surface area (Å²) in [5.41, 5.74) is -0.511. The molecule has 0 bridgehead atoms. The molecule has 10 nitrogen and oxygen atoms in total. The van der Waals surface area contributed by atoms with Crippen LogP contribution in [-0.2, 0) is 20.7 Å². The fourth-order valence-electron chi connectivity index (χ4n) is 3.67. The first kappa shape index (κ1) is 29.7. The number of likely N-dealkylation sites (tertiary alicyclic amines) is 2. The van der Waals surface area contributed by atoms with Crippen LogP contribution < -0.4 is 9.47 Å². The van der Waals surface area contributed by atoms with E-state index in [-0.39, 0.29) is 25.0 Å². The first-order chi connectivity index (χ1) is 17.1. The molecule has 2 amide bonds. The third-order valence-electron chi connectivity index (χ3n) is 5.60. The van der Waals surface area contributed by atoms with Gasteiger partial charge in [-0.15, -0.1) is 0 Å². The first-order valence-corrected chi connectivity index (χ1v) is 12.2. The number of rotatable bonds is 5. The fraction of sp³-hybridized carbons (Fsp3) is 0.630. The third kappa shape index (κ3) is 8.85. The lowest BCUT2D eigenvalue weighted by atomic mass is 9.84. The Morgan fingerprint density at radius 3 is 1.92 bits per heavy atom. The van der Waals surface area contributed by atoms with Crippen LogP contribution in [0.25, 0.3) is 4.85 Å². The molecule has 0 aliphatic carbocycles. The highest BCUT2D eigenvalue weighted by molar-refractivity contribution is 5.94. The molecule has 204 valence electrons. The van der Waals surface area contributed by atoms with Crippen LogP contribution in [0.15, 0.2) is 18.2 Å². The third-order valence-corrected chi connectivity index (χ3v) is 5.60. The topological polar surface area (TPSA) is 99.0 Å². The van der Waals surface area contributed by atoms with Crippen LogP contribution >= 0.6 is 0 Å². The molecule has 0 N–H and O–H groups in total. The quantitative estimate of drug-likeness (QED) is 0.536. The average molecular weight is 518 g/mol. The number of carbonyl (C=O) groups is 3. The number of ketones is 1. The lowest BCUT2D eigenvalue weighted by molar-refractivity contribution is -0.128. The van der Waals surface area contributed by atoms with Gasteiger partial charge in [0.05, 0.1) is 27.3 Å². The summed E-state index contributed by atoms with van der Waals surface area (Å²) in [6.45, 7) is 19.7. The van der Waals surface area contributed by atoms with Crippen molar-refractivity contribution in [2.24, 2.45) is 0 Å². The van der Waals surface area contributed by atoms with Gasteiger partial charge in [-0.25, -0.2) is 16.2 Å². The summed E-state index contributed by atoms with van der Waals surface area (Å²) in [5.74, 6) is 1.57. The van der Waals surface area contributed by atoms with Gasteiger partial charge in [0, 0.05) is 12.5 Å². The van der Waals surface area contributed by atoms with Gasteiger partial charge in [0.15, 0.2) is 5.78 Å². The van der Waals surface area contributed by atoms with E-state index in [9.17, 15) is 14.4 Å².